The minimum atomic E-state index is -0.478. The largest absolute Gasteiger partial charge is 0.378 e. The average Bonchev–Trinajstić information content (AvgIpc) is 3.78. The van der Waals surface area contributed by atoms with Crippen molar-refractivity contribution < 1.29 is 14.3 Å². The topological polar surface area (TPSA) is 102 Å². The van der Waals surface area contributed by atoms with Crippen molar-refractivity contribution in [1.82, 2.24) is 20.1 Å². The average molecular weight is 706 g/mol. The molecular weight excluding hydrogens is 667 g/mol. The standard InChI is InChI=1S/C38H39N7O3S2/c46-35(33-10-6-20-44(33)37(49)40-25-27-7-2-1-3-8-27)41-29-13-11-28(12-14-29)34-36(47)45(26-31-9-4-5-19-39-31)38(50-34)42-30-15-17-32(18-16-30)43-21-23-48-24-22-43/h1-5,7-9,11-19,33-34H,6,10,20-26H2,(H,40,49)(H,41,46)/t33-,34?/m1/s1. The van der Waals surface area contributed by atoms with E-state index in [4.69, 9.17) is 21.9 Å². The number of benzene rings is 3. The van der Waals surface area contributed by atoms with Crippen LogP contribution >= 0.6 is 24.0 Å². The number of carbonyl (C=O) groups is 2. The molecule has 0 saturated carbocycles. The number of aromatic nitrogens is 1. The van der Waals surface area contributed by atoms with Crippen molar-refractivity contribution in [3.63, 3.8) is 0 Å². The van der Waals surface area contributed by atoms with Gasteiger partial charge in [0.25, 0.3) is 0 Å². The molecule has 3 aromatic carbocycles. The van der Waals surface area contributed by atoms with Crippen molar-refractivity contribution in [3.05, 3.63) is 120 Å². The second-order valence-electron chi connectivity index (χ2n) is 12.4. The van der Waals surface area contributed by atoms with Gasteiger partial charge in [-0.1, -0.05) is 60.3 Å². The van der Waals surface area contributed by atoms with Gasteiger partial charge < -0.3 is 25.2 Å². The molecule has 10 nitrogen and oxygen atoms in total. The summed E-state index contributed by atoms with van der Waals surface area (Å²) in [5.41, 5.74) is 5.33. The van der Waals surface area contributed by atoms with Gasteiger partial charge in [0.05, 0.1) is 31.1 Å². The number of hydrogen-bond acceptors (Lipinski definition) is 8. The lowest BCUT2D eigenvalue weighted by Crippen LogP contribution is -2.47. The summed E-state index contributed by atoms with van der Waals surface area (Å²) < 4.78 is 5.49. The first kappa shape index (κ1) is 33.7. The molecular formula is C38H39N7O3S2. The molecule has 12 heteroatoms. The number of amidine groups is 1. The molecule has 4 aromatic rings. The van der Waals surface area contributed by atoms with Gasteiger partial charge in [0.15, 0.2) is 10.3 Å². The van der Waals surface area contributed by atoms with Gasteiger partial charge >= 0.3 is 0 Å². The third-order valence-electron chi connectivity index (χ3n) is 9.03. The number of amides is 2. The minimum absolute atomic E-state index is 0.0563. The fourth-order valence-electron chi connectivity index (χ4n) is 6.35. The van der Waals surface area contributed by atoms with Gasteiger partial charge in [-0.15, -0.1) is 0 Å². The Hall–Kier alpha value is -4.78. The molecule has 2 amide bonds. The highest BCUT2D eigenvalue weighted by Gasteiger charge is 2.39. The second-order valence-corrected chi connectivity index (χ2v) is 13.8. The lowest BCUT2D eigenvalue weighted by molar-refractivity contribution is -0.126. The number of pyridine rings is 1. The summed E-state index contributed by atoms with van der Waals surface area (Å²) >= 11 is 7.10. The van der Waals surface area contributed by atoms with E-state index >= 15 is 0 Å². The highest BCUT2D eigenvalue weighted by atomic mass is 32.2. The monoisotopic (exact) mass is 705 g/mol. The van der Waals surface area contributed by atoms with Crippen LogP contribution in [0, 0.1) is 0 Å². The highest BCUT2D eigenvalue weighted by Crippen LogP contribution is 2.41. The number of nitrogens with zero attached hydrogens (tertiary/aromatic N) is 5. The lowest BCUT2D eigenvalue weighted by Gasteiger charge is -2.28. The number of anilines is 2. The summed E-state index contributed by atoms with van der Waals surface area (Å²) in [6.45, 7) is 4.83. The molecule has 1 unspecified atom stereocenters. The maximum absolute atomic E-state index is 13.9. The summed E-state index contributed by atoms with van der Waals surface area (Å²) in [7, 11) is 0. The van der Waals surface area contributed by atoms with Crippen molar-refractivity contribution in [1.29, 1.82) is 0 Å². The number of aliphatic imine (C=N–C) groups is 1. The van der Waals surface area contributed by atoms with Crippen LogP contribution in [0.25, 0.3) is 0 Å². The summed E-state index contributed by atoms with van der Waals surface area (Å²) in [5, 5.41) is 7.10. The molecule has 3 aliphatic rings. The normalized spacial score (nSPS) is 20.0. The zero-order chi connectivity index (χ0) is 34.3. The van der Waals surface area contributed by atoms with Crippen LogP contribution in [0.15, 0.2) is 108 Å². The van der Waals surface area contributed by atoms with Crippen LogP contribution in [0.1, 0.15) is 34.9 Å². The Labute approximate surface area is 301 Å². The van der Waals surface area contributed by atoms with Crippen molar-refractivity contribution in [2.75, 3.05) is 43.1 Å². The number of carbonyl (C=O) groups excluding carboxylic acids is 2. The van der Waals surface area contributed by atoms with Gasteiger partial charge in [-0.05, 0) is 84.7 Å². The molecule has 1 aromatic heterocycles. The van der Waals surface area contributed by atoms with Crippen LogP contribution in [0.5, 0.6) is 0 Å². The second kappa shape index (κ2) is 15.8. The molecule has 3 fully saturated rings. The van der Waals surface area contributed by atoms with Crippen LogP contribution in [-0.4, -0.2) is 75.8 Å². The third kappa shape index (κ3) is 7.99. The maximum Gasteiger partial charge on any atom is 0.247 e. The van der Waals surface area contributed by atoms with E-state index in [2.05, 4.69) is 32.7 Å². The number of nitrogens with one attached hydrogen (secondary N) is 2. The van der Waals surface area contributed by atoms with Gasteiger partial charge in [0.1, 0.15) is 11.3 Å². The molecule has 256 valence electrons. The van der Waals surface area contributed by atoms with Crippen molar-refractivity contribution in [2.24, 2.45) is 4.99 Å². The zero-order valence-electron chi connectivity index (χ0n) is 27.6. The zero-order valence-corrected chi connectivity index (χ0v) is 29.2. The predicted octanol–water partition coefficient (Wildman–Crippen LogP) is 5.90. The van der Waals surface area contributed by atoms with Gasteiger partial charge in [0, 0.05) is 43.8 Å². The molecule has 2 atom stereocenters. The van der Waals surface area contributed by atoms with Gasteiger partial charge in [-0.25, -0.2) is 4.99 Å². The fourth-order valence-corrected chi connectivity index (χ4v) is 7.81. The third-order valence-corrected chi connectivity index (χ3v) is 10.6. The minimum Gasteiger partial charge on any atom is -0.378 e. The van der Waals surface area contributed by atoms with Crippen LogP contribution in [-0.2, 0) is 27.4 Å². The molecule has 0 aliphatic carbocycles. The summed E-state index contributed by atoms with van der Waals surface area (Å²) in [5.74, 6) is -0.153. The van der Waals surface area contributed by atoms with Crippen LogP contribution in [0.4, 0.5) is 17.1 Å². The summed E-state index contributed by atoms with van der Waals surface area (Å²) in [6, 6.07) is 31.0. The van der Waals surface area contributed by atoms with E-state index in [1.807, 2.05) is 89.8 Å². The lowest BCUT2D eigenvalue weighted by atomic mass is 10.1. The Morgan fingerprint density at radius 3 is 2.44 bits per heavy atom. The van der Waals surface area contributed by atoms with Gasteiger partial charge in [0.2, 0.25) is 11.8 Å². The Balaban J connectivity index is 1.03. The Morgan fingerprint density at radius 2 is 1.70 bits per heavy atom. The number of hydrogen-bond donors (Lipinski definition) is 2. The highest BCUT2D eigenvalue weighted by molar-refractivity contribution is 8.15. The molecule has 7 rings (SSSR count). The molecule has 0 radical (unpaired) electrons. The van der Waals surface area contributed by atoms with E-state index in [1.54, 1.807) is 11.1 Å². The van der Waals surface area contributed by atoms with E-state index < -0.39 is 5.25 Å². The molecule has 50 heavy (non-hydrogen) atoms. The Bertz CT molecular complexity index is 1820. The molecule has 3 saturated heterocycles. The molecule has 0 bridgehead atoms. The molecule has 0 spiro atoms. The van der Waals surface area contributed by atoms with Crippen LogP contribution in [0.2, 0.25) is 0 Å². The van der Waals surface area contributed by atoms with E-state index in [1.165, 1.54) is 11.8 Å². The number of rotatable bonds is 9. The molecule has 2 N–H and O–H groups in total. The van der Waals surface area contributed by atoms with Crippen molar-refractivity contribution >= 4 is 63.1 Å². The van der Waals surface area contributed by atoms with E-state index in [0.717, 1.165) is 73.9 Å². The number of ether oxygens (including phenoxy) is 1. The quantitative estimate of drug-likeness (QED) is 0.206. The molecule has 3 aliphatic heterocycles. The molecule has 4 heterocycles. The van der Waals surface area contributed by atoms with Gasteiger partial charge in [-0.2, -0.15) is 0 Å². The maximum atomic E-state index is 13.9. The predicted molar refractivity (Wildman–Crippen MR) is 202 cm³/mol. The SMILES string of the molecule is O=C(Nc1ccc(C2SC(=Nc3ccc(N4CCOCC4)cc3)N(Cc3ccccn3)C2=O)cc1)[C@H]1CCCN1C(=S)NCc1ccccc1. The number of thiocarbonyl (C=S) groups is 1. The summed E-state index contributed by atoms with van der Waals surface area (Å²) in [6.07, 6.45) is 3.35. The van der Waals surface area contributed by atoms with E-state index in [-0.39, 0.29) is 17.9 Å². The first-order chi connectivity index (χ1) is 24.5. The number of likely N-dealkylation sites (tertiary alicyclic amines) is 1. The van der Waals surface area contributed by atoms with E-state index in [0.29, 0.717) is 29.1 Å². The number of thioether (sulfide) groups is 1. The Morgan fingerprint density at radius 1 is 0.940 bits per heavy atom. The van der Waals surface area contributed by atoms with Crippen molar-refractivity contribution in [2.45, 2.75) is 37.2 Å². The van der Waals surface area contributed by atoms with Gasteiger partial charge in [-0.3, -0.25) is 19.5 Å². The Kier molecular flexibility index (Phi) is 10.7. The van der Waals surface area contributed by atoms with Crippen molar-refractivity contribution in [3.8, 4) is 0 Å². The van der Waals surface area contributed by atoms with Crippen LogP contribution < -0.4 is 15.5 Å². The smallest absolute Gasteiger partial charge is 0.247 e. The van der Waals surface area contributed by atoms with Crippen LogP contribution in [0.3, 0.4) is 0 Å². The summed E-state index contributed by atoms with van der Waals surface area (Å²) in [4.78, 5) is 42.7. The number of morpholine rings is 1. The first-order valence-corrected chi connectivity index (χ1v) is 18.2. The fraction of sp³-hybridized carbons (Fsp3) is 0.289. The first-order valence-electron chi connectivity index (χ1n) is 16.9. The van der Waals surface area contributed by atoms with E-state index in [9.17, 15) is 9.59 Å².